The van der Waals surface area contributed by atoms with Gasteiger partial charge in [-0.05, 0) is 70.6 Å². The molecule has 1 aromatic rings. The van der Waals surface area contributed by atoms with Crippen LogP contribution in [0, 0.1) is 5.92 Å². The molecule has 7 heteroatoms. The number of ether oxygens (including phenoxy) is 1. The maximum atomic E-state index is 12.3. The molecule has 1 fully saturated rings. The number of imide groups is 1. The highest BCUT2D eigenvalue weighted by atomic mass is 16.5. The highest BCUT2D eigenvalue weighted by molar-refractivity contribution is 6.20. The summed E-state index contributed by atoms with van der Waals surface area (Å²) in [5.74, 6) is -0.339. The van der Waals surface area contributed by atoms with E-state index in [-0.39, 0.29) is 47.1 Å². The fraction of sp³-hybridized carbons (Fsp3) is 0.654. The SMILES string of the molecule is CC1CC(=O)N(c2ccc(C(C)CCC(=O)NCCC(C)(C)OCCC(C)(C)N)cc2)C1=O. The van der Waals surface area contributed by atoms with Gasteiger partial charge in [-0.15, -0.1) is 0 Å². The molecule has 3 N–H and O–H groups in total. The summed E-state index contributed by atoms with van der Waals surface area (Å²) in [5, 5.41) is 2.99. The van der Waals surface area contributed by atoms with Crippen LogP contribution in [-0.2, 0) is 19.1 Å². The van der Waals surface area contributed by atoms with Crippen molar-refractivity contribution in [3.8, 4) is 0 Å². The van der Waals surface area contributed by atoms with Crippen molar-refractivity contribution in [2.75, 3.05) is 18.1 Å². The van der Waals surface area contributed by atoms with Gasteiger partial charge in [0.05, 0.1) is 11.3 Å². The van der Waals surface area contributed by atoms with Gasteiger partial charge in [-0.2, -0.15) is 0 Å². The van der Waals surface area contributed by atoms with Crippen molar-refractivity contribution in [1.29, 1.82) is 0 Å². The predicted molar refractivity (Wildman–Crippen MR) is 131 cm³/mol. The minimum Gasteiger partial charge on any atom is -0.375 e. The number of benzene rings is 1. The third-order valence-corrected chi connectivity index (χ3v) is 6.19. The first-order chi connectivity index (χ1) is 15.3. The zero-order valence-electron chi connectivity index (χ0n) is 21.1. The predicted octanol–water partition coefficient (Wildman–Crippen LogP) is 3.90. The lowest BCUT2D eigenvalue weighted by Gasteiger charge is -2.28. The molecule has 0 bridgehead atoms. The standard InChI is InChI=1S/C26H41N3O4/c1-18(20-8-10-21(11-9-20)29-23(31)17-19(2)24(29)32)7-12-22(30)28-15-13-26(5,6)33-16-14-25(3,4)27/h8-11,18-19H,7,12-17,27H2,1-6H3,(H,28,30). The van der Waals surface area contributed by atoms with E-state index in [2.05, 4.69) is 12.2 Å². The van der Waals surface area contributed by atoms with Crippen molar-refractivity contribution in [1.82, 2.24) is 5.32 Å². The molecule has 1 heterocycles. The molecule has 2 atom stereocenters. The Morgan fingerprint density at radius 3 is 2.36 bits per heavy atom. The van der Waals surface area contributed by atoms with Crippen molar-refractivity contribution in [3.63, 3.8) is 0 Å². The molecule has 33 heavy (non-hydrogen) atoms. The van der Waals surface area contributed by atoms with Gasteiger partial charge in [0.2, 0.25) is 17.7 Å². The largest absolute Gasteiger partial charge is 0.375 e. The molecule has 0 radical (unpaired) electrons. The van der Waals surface area contributed by atoms with E-state index in [1.165, 1.54) is 4.90 Å². The van der Waals surface area contributed by atoms with Crippen LogP contribution in [0.25, 0.3) is 0 Å². The van der Waals surface area contributed by atoms with Crippen molar-refractivity contribution in [2.24, 2.45) is 11.7 Å². The van der Waals surface area contributed by atoms with Gasteiger partial charge in [-0.3, -0.25) is 19.3 Å². The van der Waals surface area contributed by atoms with Crippen LogP contribution in [-0.4, -0.2) is 42.0 Å². The van der Waals surface area contributed by atoms with Crippen LogP contribution in [0.15, 0.2) is 24.3 Å². The molecule has 0 saturated carbocycles. The summed E-state index contributed by atoms with van der Waals surface area (Å²) in [6, 6.07) is 7.50. The van der Waals surface area contributed by atoms with E-state index in [1.54, 1.807) is 6.92 Å². The van der Waals surface area contributed by atoms with Gasteiger partial charge in [-0.25, -0.2) is 0 Å². The molecule has 2 rings (SSSR count). The number of carbonyl (C=O) groups is 3. The summed E-state index contributed by atoms with van der Waals surface area (Å²) in [4.78, 5) is 37.8. The van der Waals surface area contributed by atoms with Crippen LogP contribution in [0.4, 0.5) is 5.69 Å². The fourth-order valence-corrected chi connectivity index (χ4v) is 3.78. The van der Waals surface area contributed by atoms with E-state index in [9.17, 15) is 14.4 Å². The summed E-state index contributed by atoms with van der Waals surface area (Å²) in [6.45, 7) is 13.0. The molecule has 1 aromatic carbocycles. The van der Waals surface area contributed by atoms with Crippen LogP contribution in [0.5, 0.6) is 0 Å². The number of hydrogen-bond acceptors (Lipinski definition) is 5. The van der Waals surface area contributed by atoms with Crippen molar-refractivity contribution >= 4 is 23.4 Å². The molecule has 0 aromatic heterocycles. The Morgan fingerprint density at radius 2 is 1.82 bits per heavy atom. The third-order valence-electron chi connectivity index (χ3n) is 6.19. The van der Waals surface area contributed by atoms with Gasteiger partial charge in [0.15, 0.2) is 0 Å². The second-order valence-electron chi connectivity index (χ2n) is 10.7. The quantitative estimate of drug-likeness (QED) is 0.462. The number of carbonyl (C=O) groups excluding carboxylic acids is 3. The molecule has 0 aliphatic carbocycles. The molecule has 2 unspecified atom stereocenters. The first-order valence-electron chi connectivity index (χ1n) is 12.0. The van der Waals surface area contributed by atoms with E-state index < -0.39 is 0 Å². The van der Waals surface area contributed by atoms with Gasteiger partial charge >= 0.3 is 0 Å². The van der Waals surface area contributed by atoms with E-state index in [1.807, 2.05) is 52.0 Å². The highest BCUT2D eigenvalue weighted by Crippen LogP contribution is 2.28. The second kappa shape index (κ2) is 11.3. The summed E-state index contributed by atoms with van der Waals surface area (Å²) in [6.07, 6.45) is 2.93. The molecule has 1 saturated heterocycles. The normalized spacial score (nSPS) is 18.0. The average molecular weight is 460 g/mol. The third kappa shape index (κ3) is 8.55. The Labute approximate surface area is 198 Å². The Morgan fingerprint density at radius 1 is 1.18 bits per heavy atom. The maximum absolute atomic E-state index is 12.3. The van der Waals surface area contributed by atoms with Gasteiger partial charge < -0.3 is 15.8 Å². The van der Waals surface area contributed by atoms with Gasteiger partial charge in [0, 0.05) is 37.5 Å². The average Bonchev–Trinajstić information content (AvgIpc) is 2.96. The lowest BCUT2D eigenvalue weighted by atomic mass is 9.95. The number of nitrogens with two attached hydrogens (primary N) is 1. The van der Waals surface area contributed by atoms with Crippen molar-refractivity contribution in [3.05, 3.63) is 29.8 Å². The minimum atomic E-state index is -0.316. The molecular weight excluding hydrogens is 418 g/mol. The first kappa shape index (κ1) is 27.0. The lowest BCUT2D eigenvalue weighted by Crippen LogP contribution is -2.37. The zero-order valence-corrected chi connectivity index (χ0v) is 21.1. The summed E-state index contributed by atoms with van der Waals surface area (Å²) < 4.78 is 5.93. The van der Waals surface area contributed by atoms with Crippen LogP contribution in [0.1, 0.15) is 85.1 Å². The second-order valence-corrected chi connectivity index (χ2v) is 10.7. The van der Waals surface area contributed by atoms with Gasteiger partial charge in [0.25, 0.3) is 0 Å². The molecule has 7 nitrogen and oxygen atoms in total. The number of nitrogens with zero attached hydrogens (tertiary/aromatic N) is 1. The van der Waals surface area contributed by atoms with E-state index in [0.717, 1.165) is 24.8 Å². The molecular formula is C26H41N3O4. The zero-order chi connectivity index (χ0) is 24.8. The maximum Gasteiger partial charge on any atom is 0.237 e. The Hall–Kier alpha value is -2.25. The topological polar surface area (TPSA) is 102 Å². The molecule has 1 aliphatic rings. The van der Waals surface area contributed by atoms with Crippen molar-refractivity contribution in [2.45, 2.75) is 90.7 Å². The molecule has 0 spiro atoms. The summed E-state index contributed by atoms with van der Waals surface area (Å²) >= 11 is 0. The monoisotopic (exact) mass is 459 g/mol. The number of hydrogen-bond donors (Lipinski definition) is 2. The molecule has 184 valence electrons. The summed E-state index contributed by atoms with van der Waals surface area (Å²) in [5.41, 5.74) is 7.12. The van der Waals surface area contributed by atoms with Gasteiger partial charge in [0.1, 0.15) is 0 Å². The number of anilines is 1. The number of amides is 3. The van der Waals surface area contributed by atoms with Crippen LogP contribution >= 0.6 is 0 Å². The number of nitrogens with one attached hydrogen (secondary N) is 1. The van der Waals surface area contributed by atoms with Crippen LogP contribution in [0.2, 0.25) is 0 Å². The summed E-state index contributed by atoms with van der Waals surface area (Å²) in [7, 11) is 0. The Bertz CT molecular complexity index is 827. The van der Waals surface area contributed by atoms with Crippen molar-refractivity contribution < 1.29 is 19.1 Å². The first-order valence-corrected chi connectivity index (χ1v) is 12.0. The Balaban J connectivity index is 1.73. The van der Waals surface area contributed by atoms with E-state index in [4.69, 9.17) is 10.5 Å². The van der Waals surface area contributed by atoms with Crippen LogP contribution in [0.3, 0.4) is 0 Å². The minimum absolute atomic E-state index is 0.0274. The smallest absolute Gasteiger partial charge is 0.237 e. The molecule has 3 amide bonds. The molecule has 1 aliphatic heterocycles. The fourth-order valence-electron chi connectivity index (χ4n) is 3.78. The van der Waals surface area contributed by atoms with Crippen LogP contribution < -0.4 is 16.0 Å². The highest BCUT2D eigenvalue weighted by Gasteiger charge is 2.36. The van der Waals surface area contributed by atoms with E-state index >= 15 is 0 Å². The number of rotatable bonds is 12. The lowest BCUT2D eigenvalue weighted by molar-refractivity contribution is -0.123. The van der Waals surface area contributed by atoms with Gasteiger partial charge in [-0.1, -0.05) is 26.0 Å². The van der Waals surface area contributed by atoms with E-state index in [0.29, 0.717) is 25.3 Å². The Kier molecular flexibility index (Phi) is 9.20.